The number of thiazole rings is 1. The van der Waals surface area contributed by atoms with E-state index in [-0.39, 0.29) is 11.6 Å². The van der Waals surface area contributed by atoms with Gasteiger partial charge in [0.05, 0.1) is 10.6 Å². The number of piperidine rings is 2. The van der Waals surface area contributed by atoms with Crippen LogP contribution in [0.4, 0.5) is 11.8 Å². The van der Waals surface area contributed by atoms with Crippen LogP contribution in [0.15, 0.2) is 35.2 Å². The lowest BCUT2D eigenvalue weighted by Gasteiger charge is -2.33. The third kappa shape index (κ3) is 6.58. The van der Waals surface area contributed by atoms with Crippen LogP contribution in [0.25, 0.3) is 16.6 Å². The Balaban J connectivity index is 1.31. The van der Waals surface area contributed by atoms with Crippen molar-refractivity contribution in [2.45, 2.75) is 64.0 Å². The second kappa shape index (κ2) is 12.7. The van der Waals surface area contributed by atoms with Gasteiger partial charge >= 0.3 is 0 Å². The molecular formula is C28H39N7OS. The van der Waals surface area contributed by atoms with Gasteiger partial charge in [-0.05, 0) is 71.0 Å². The molecule has 8 nitrogen and oxygen atoms in total. The predicted octanol–water partition coefficient (Wildman–Crippen LogP) is 4.10. The summed E-state index contributed by atoms with van der Waals surface area (Å²) in [6, 6.07) is 0.749. The van der Waals surface area contributed by atoms with Gasteiger partial charge in [0, 0.05) is 31.7 Å². The number of aromatic amines is 1. The summed E-state index contributed by atoms with van der Waals surface area (Å²) in [5, 5.41) is 11.5. The Kier molecular flexibility index (Phi) is 8.86. The van der Waals surface area contributed by atoms with Gasteiger partial charge in [-0.25, -0.2) is 4.98 Å². The third-order valence-corrected chi connectivity index (χ3v) is 8.36. The summed E-state index contributed by atoms with van der Waals surface area (Å²) in [4.78, 5) is 29.9. The monoisotopic (exact) mass is 521 g/mol. The number of fused-ring (bicyclic) bond motifs is 1. The highest BCUT2D eigenvalue weighted by Gasteiger charge is 2.26. The van der Waals surface area contributed by atoms with E-state index in [0.29, 0.717) is 23.4 Å². The van der Waals surface area contributed by atoms with E-state index >= 15 is 0 Å². The third-order valence-electron chi connectivity index (χ3n) is 7.28. The summed E-state index contributed by atoms with van der Waals surface area (Å²) in [7, 11) is 0. The second-order valence-corrected chi connectivity index (χ2v) is 11.1. The maximum Gasteiger partial charge on any atom is 0.264 e. The molecule has 3 aliphatic rings. The molecule has 2 fully saturated rings. The van der Waals surface area contributed by atoms with Gasteiger partial charge in [0.25, 0.3) is 5.56 Å². The van der Waals surface area contributed by atoms with Gasteiger partial charge in [-0.15, -0.1) is 11.3 Å². The smallest absolute Gasteiger partial charge is 0.264 e. The molecule has 2 aromatic rings. The van der Waals surface area contributed by atoms with Gasteiger partial charge in [0.2, 0.25) is 5.95 Å². The number of hydrogen-bond donors (Lipinski definition) is 4. The number of anilines is 2. The summed E-state index contributed by atoms with van der Waals surface area (Å²) >= 11 is 1.59. The molecule has 1 aliphatic carbocycles. The fourth-order valence-corrected chi connectivity index (χ4v) is 6.31. The van der Waals surface area contributed by atoms with Crippen molar-refractivity contribution in [3.63, 3.8) is 0 Å². The van der Waals surface area contributed by atoms with Crippen LogP contribution in [-0.2, 0) is 6.42 Å². The fourth-order valence-electron chi connectivity index (χ4n) is 5.22. The van der Waals surface area contributed by atoms with Crippen molar-refractivity contribution in [1.82, 2.24) is 25.6 Å². The first kappa shape index (κ1) is 25.9. The second-order valence-electron chi connectivity index (χ2n) is 10.0. The summed E-state index contributed by atoms with van der Waals surface area (Å²) in [6.45, 7) is 6.67. The van der Waals surface area contributed by atoms with E-state index < -0.39 is 0 Å². The first-order chi connectivity index (χ1) is 18.2. The molecule has 2 aliphatic heterocycles. The summed E-state index contributed by atoms with van der Waals surface area (Å²) in [6.07, 6.45) is 19.9. The van der Waals surface area contributed by atoms with Gasteiger partial charge < -0.3 is 20.9 Å². The molecule has 1 atom stereocenters. The molecular weight excluding hydrogens is 482 g/mol. The lowest BCUT2D eigenvalue weighted by Crippen LogP contribution is -2.44. The largest absolute Gasteiger partial charge is 0.365 e. The Morgan fingerprint density at radius 2 is 2.08 bits per heavy atom. The van der Waals surface area contributed by atoms with Gasteiger partial charge in [-0.1, -0.05) is 30.4 Å². The van der Waals surface area contributed by atoms with Crippen molar-refractivity contribution in [3.05, 3.63) is 51.3 Å². The maximum atomic E-state index is 13.5. The number of nitrogens with one attached hydrogen (secondary N) is 4. The molecule has 4 heterocycles. The molecule has 0 spiro atoms. The zero-order valence-corrected chi connectivity index (χ0v) is 22.6. The average Bonchev–Trinajstić information content (AvgIpc) is 3.35. The molecule has 5 rings (SSSR count). The molecule has 0 saturated carbocycles. The lowest BCUT2D eigenvalue weighted by atomic mass is 10.1. The predicted molar refractivity (Wildman–Crippen MR) is 155 cm³/mol. The molecule has 0 amide bonds. The number of hydrogen-bond acceptors (Lipinski definition) is 8. The zero-order chi connectivity index (χ0) is 25.5. The SMILES string of the molecule is CC=CC=CCCNC1CCN(c2nc(NC3CCCNC3)c(-c3nc4c(s3)C=CCC4)c(=O)[nH]2)CC1. The van der Waals surface area contributed by atoms with Crippen LogP contribution in [0.3, 0.4) is 0 Å². The van der Waals surface area contributed by atoms with E-state index in [2.05, 4.69) is 56.2 Å². The van der Waals surface area contributed by atoms with E-state index in [1.54, 1.807) is 11.3 Å². The Labute approximate surface area is 223 Å². The standard InChI is InChI=1S/C28H39N7OS/c1-2-3-4-5-8-16-30-20-13-17-35(18-14-20)28-33-25(31-21-10-9-15-29-19-21)24(26(36)34-28)27-32-22-11-6-7-12-23(22)37-27/h2-5,7,12,20-21,29-30H,6,8-11,13-19H2,1H3,(H2,31,33,34,36). The van der Waals surface area contributed by atoms with Crippen LogP contribution in [0, 0.1) is 0 Å². The molecule has 0 bridgehead atoms. The Hall–Kier alpha value is -2.75. The first-order valence-electron chi connectivity index (χ1n) is 13.8. The highest BCUT2D eigenvalue weighted by molar-refractivity contribution is 7.16. The number of aryl methyl sites for hydroxylation is 1. The quantitative estimate of drug-likeness (QED) is 0.291. The van der Waals surface area contributed by atoms with Gasteiger partial charge in [-0.2, -0.15) is 4.98 Å². The van der Waals surface area contributed by atoms with Gasteiger partial charge in [0.1, 0.15) is 16.4 Å². The first-order valence-corrected chi connectivity index (χ1v) is 14.6. The summed E-state index contributed by atoms with van der Waals surface area (Å²) in [5.41, 5.74) is 1.55. The number of aromatic nitrogens is 3. The van der Waals surface area contributed by atoms with Crippen molar-refractivity contribution in [1.29, 1.82) is 0 Å². The van der Waals surface area contributed by atoms with E-state index in [1.807, 2.05) is 13.0 Å². The lowest BCUT2D eigenvalue weighted by molar-refractivity contribution is 0.416. The van der Waals surface area contributed by atoms with Crippen LogP contribution < -0.4 is 26.4 Å². The molecule has 0 radical (unpaired) electrons. The Morgan fingerprint density at radius 3 is 2.86 bits per heavy atom. The van der Waals surface area contributed by atoms with Crippen molar-refractivity contribution in [3.8, 4) is 10.6 Å². The zero-order valence-electron chi connectivity index (χ0n) is 21.8. The molecule has 37 heavy (non-hydrogen) atoms. The fraction of sp³-hybridized carbons (Fsp3) is 0.536. The van der Waals surface area contributed by atoms with E-state index in [9.17, 15) is 4.79 Å². The van der Waals surface area contributed by atoms with Crippen LogP contribution in [-0.4, -0.2) is 59.8 Å². The van der Waals surface area contributed by atoms with E-state index in [0.717, 1.165) is 93.2 Å². The maximum absolute atomic E-state index is 13.5. The molecule has 2 saturated heterocycles. The average molecular weight is 522 g/mol. The highest BCUT2D eigenvalue weighted by atomic mass is 32.1. The molecule has 0 aromatic carbocycles. The van der Waals surface area contributed by atoms with Crippen molar-refractivity contribution in [2.75, 3.05) is 42.9 Å². The van der Waals surface area contributed by atoms with Crippen LogP contribution in [0.2, 0.25) is 0 Å². The van der Waals surface area contributed by atoms with Crippen molar-refractivity contribution >= 4 is 29.2 Å². The number of H-pyrrole nitrogens is 1. The van der Waals surface area contributed by atoms with Crippen LogP contribution in [0.5, 0.6) is 0 Å². The Bertz CT molecular complexity index is 1180. The van der Waals surface area contributed by atoms with Crippen molar-refractivity contribution in [2.24, 2.45) is 0 Å². The van der Waals surface area contributed by atoms with Gasteiger partial charge in [0.15, 0.2) is 0 Å². The van der Waals surface area contributed by atoms with Crippen LogP contribution >= 0.6 is 11.3 Å². The molecule has 9 heteroatoms. The van der Waals surface area contributed by atoms with E-state index in [4.69, 9.17) is 9.97 Å². The highest BCUT2D eigenvalue weighted by Crippen LogP contribution is 2.34. The summed E-state index contributed by atoms with van der Waals surface area (Å²) in [5.74, 6) is 1.32. The van der Waals surface area contributed by atoms with E-state index in [1.165, 1.54) is 0 Å². The molecule has 1 unspecified atom stereocenters. The minimum absolute atomic E-state index is 0.112. The van der Waals surface area contributed by atoms with Crippen LogP contribution in [0.1, 0.15) is 56.0 Å². The van der Waals surface area contributed by atoms with Crippen molar-refractivity contribution < 1.29 is 0 Å². The minimum Gasteiger partial charge on any atom is -0.365 e. The number of allylic oxidation sites excluding steroid dienone is 4. The topological polar surface area (TPSA) is 98.0 Å². The minimum atomic E-state index is -0.112. The number of rotatable bonds is 9. The molecule has 2 aromatic heterocycles. The normalized spacial score (nSPS) is 20.7. The summed E-state index contributed by atoms with van der Waals surface area (Å²) < 4.78 is 0. The molecule has 198 valence electrons. The number of nitrogens with zero attached hydrogens (tertiary/aromatic N) is 3. The van der Waals surface area contributed by atoms with Gasteiger partial charge in [-0.3, -0.25) is 9.78 Å². The Morgan fingerprint density at radius 1 is 1.19 bits per heavy atom. The molecule has 4 N–H and O–H groups in total.